The molecule has 1 unspecified atom stereocenters. The van der Waals surface area contributed by atoms with Crippen LogP contribution in [-0.2, 0) is 5.54 Å². The number of rotatable bonds is 1. The Balaban J connectivity index is 2.60. The number of likely N-dealkylation sites (tertiary alicyclic amines) is 1. The zero-order valence-corrected chi connectivity index (χ0v) is 12.5. The lowest BCUT2D eigenvalue weighted by molar-refractivity contribution is 0.0221. The first-order valence-electron chi connectivity index (χ1n) is 6.93. The highest BCUT2D eigenvalue weighted by Gasteiger charge is 2.57. The van der Waals surface area contributed by atoms with E-state index >= 15 is 0 Å². The summed E-state index contributed by atoms with van der Waals surface area (Å²) in [6, 6.07) is 9.60. The number of carboxylic acid groups (broad SMARTS) is 1. The van der Waals surface area contributed by atoms with E-state index in [1.165, 1.54) is 4.90 Å². The summed E-state index contributed by atoms with van der Waals surface area (Å²) in [4.78, 5) is 13.0. The monoisotopic (exact) mass is 277 g/mol. The smallest absolute Gasteiger partial charge is 0.408 e. The lowest BCUT2D eigenvalue weighted by atomic mass is 9.66. The van der Waals surface area contributed by atoms with Gasteiger partial charge >= 0.3 is 6.09 Å². The third-order valence-corrected chi connectivity index (χ3v) is 4.44. The van der Waals surface area contributed by atoms with Crippen LogP contribution in [0.3, 0.4) is 0 Å². The second-order valence-electron chi connectivity index (χ2n) is 6.82. The largest absolute Gasteiger partial charge is 0.465 e. The van der Waals surface area contributed by atoms with Crippen molar-refractivity contribution in [1.29, 1.82) is 0 Å². The molecule has 110 valence electrons. The van der Waals surface area contributed by atoms with Crippen molar-refractivity contribution < 1.29 is 15.0 Å². The van der Waals surface area contributed by atoms with Crippen LogP contribution in [-0.4, -0.2) is 33.9 Å². The maximum Gasteiger partial charge on any atom is 0.408 e. The molecule has 0 saturated carbocycles. The zero-order valence-electron chi connectivity index (χ0n) is 12.5. The molecule has 0 aliphatic carbocycles. The van der Waals surface area contributed by atoms with Crippen molar-refractivity contribution in [2.45, 2.75) is 39.3 Å². The molecule has 4 heteroatoms. The first-order valence-corrected chi connectivity index (χ1v) is 6.93. The van der Waals surface area contributed by atoms with Gasteiger partial charge in [-0.25, -0.2) is 4.79 Å². The Morgan fingerprint density at radius 2 is 1.85 bits per heavy atom. The summed E-state index contributed by atoms with van der Waals surface area (Å²) in [5, 5.41) is 20.0. The lowest BCUT2D eigenvalue weighted by Crippen LogP contribution is -2.49. The molecule has 1 amide bonds. The predicted molar refractivity (Wildman–Crippen MR) is 77.5 cm³/mol. The summed E-state index contributed by atoms with van der Waals surface area (Å²) in [6.45, 7) is 8.22. The number of aliphatic hydroxyl groups excluding tert-OH is 1. The lowest BCUT2D eigenvalue weighted by Gasteiger charge is -2.44. The molecule has 0 bridgehead atoms. The van der Waals surface area contributed by atoms with Crippen molar-refractivity contribution in [3.63, 3.8) is 0 Å². The molecule has 1 heterocycles. The first-order chi connectivity index (χ1) is 9.19. The van der Waals surface area contributed by atoms with Crippen molar-refractivity contribution >= 4 is 6.09 Å². The molecule has 2 N–H and O–H groups in total. The highest BCUT2D eigenvalue weighted by Crippen LogP contribution is 2.51. The van der Waals surface area contributed by atoms with Crippen molar-refractivity contribution in [1.82, 2.24) is 4.90 Å². The van der Waals surface area contributed by atoms with Crippen LogP contribution in [0.5, 0.6) is 0 Å². The van der Waals surface area contributed by atoms with Crippen molar-refractivity contribution in [2.75, 3.05) is 6.54 Å². The topological polar surface area (TPSA) is 60.8 Å². The molecule has 1 saturated heterocycles. The summed E-state index contributed by atoms with van der Waals surface area (Å²) in [5.74, 6) is -0.159. The number of hydrogen-bond donors (Lipinski definition) is 2. The van der Waals surface area contributed by atoms with Crippen molar-refractivity contribution in [2.24, 2.45) is 11.3 Å². The van der Waals surface area contributed by atoms with E-state index in [0.717, 1.165) is 5.56 Å². The Bertz CT molecular complexity index is 494. The van der Waals surface area contributed by atoms with Crippen LogP contribution in [0.25, 0.3) is 0 Å². The van der Waals surface area contributed by atoms with E-state index in [4.69, 9.17) is 0 Å². The molecule has 1 aromatic carbocycles. The van der Waals surface area contributed by atoms with Gasteiger partial charge in [0.25, 0.3) is 0 Å². The number of nitrogens with zero attached hydrogens (tertiary/aromatic N) is 1. The highest BCUT2D eigenvalue weighted by atomic mass is 16.4. The third kappa shape index (κ3) is 2.18. The summed E-state index contributed by atoms with van der Waals surface area (Å²) in [5.41, 5.74) is 0.0118. The fourth-order valence-electron chi connectivity index (χ4n) is 3.83. The Morgan fingerprint density at radius 1 is 1.30 bits per heavy atom. The number of β-amino-alcohol motifs (C(OH)–C–C–N with tert-alkyl or cyclic N) is 1. The number of aliphatic hydroxyl groups is 1. The fourth-order valence-corrected chi connectivity index (χ4v) is 3.83. The summed E-state index contributed by atoms with van der Waals surface area (Å²) in [7, 11) is 0. The highest BCUT2D eigenvalue weighted by molar-refractivity contribution is 5.67. The van der Waals surface area contributed by atoms with Gasteiger partial charge in [0.1, 0.15) is 0 Å². The molecular weight excluding hydrogens is 254 g/mol. The molecule has 0 spiro atoms. The van der Waals surface area contributed by atoms with Gasteiger partial charge in [0.2, 0.25) is 0 Å². The van der Waals surface area contributed by atoms with Gasteiger partial charge in [-0.15, -0.1) is 0 Å². The number of amides is 1. The summed E-state index contributed by atoms with van der Waals surface area (Å²) in [6.07, 6.45) is -1.64. The van der Waals surface area contributed by atoms with Crippen LogP contribution in [0.1, 0.15) is 33.3 Å². The van der Waals surface area contributed by atoms with E-state index in [2.05, 4.69) is 0 Å². The van der Waals surface area contributed by atoms with E-state index < -0.39 is 17.7 Å². The molecule has 2 rings (SSSR count). The molecule has 1 aromatic rings. The first kappa shape index (κ1) is 14.9. The minimum absolute atomic E-state index is 0.155. The van der Waals surface area contributed by atoms with E-state index in [1.807, 2.05) is 58.0 Å². The Morgan fingerprint density at radius 3 is 2.30 bits per heavy atom. The number of benzene rings is 1. The van der Waals surface area contributed by atoms with Gasteiger partial charge in [0.15, 0.2) is 0 Å². The Labute approximate surface area is 120 Å². The average molecular weight is 277 g/mol. The van der Waals surface area contributed by atoms with E-state index in [1.54, 1.807) is 0 Å². The van der Waals surface area contributed by atoms with Crippen LogP contribution < -0.4 is 0 Å². The summed E-state index contributed by atoms with van der Waals surface area (Å²) < 4.78 is 0. The Hall–Kier alpha value is -1.55. The van der Waals surface area contributed by atoms with Gasteiger partial charge in [0.05, 0.1) is 18.2 Å². The van der Waals surface area contributed by atoms with Gasteiger partial charge in [0, 0.05) is 5.92 Å². The van der Waals surface area contributed by atoms with Crippen molar-refractivity contribution in [3.05, 3.63) is 35.9 Å². The SMILES string of the molecule is CC(C)(C)C1[C@H](O)CN(C(=O)O)[C@]1(C)c1ccccc1. The minimum atomic E-state index is -0.984. The van der Waals surface area contributed by atoms with Gasteiger partial charge in [-0.05, 0) is 17.9 Å². The van der Waals surface area contributed by atoms with Crippen LogP contribution in [0.4, 0.5) is 4.79 Å². The standard InChI is InChI=1S/C16H23NO3/c1-15(2,3)13-12(18)10-17(14(19)20)16(13,4)11-8-6-5-7-9-11/h5-9,12-13,18H,10H2,1-4H3,(H,19,20)/t12-,13?,16-/m1/s1. The van der Waals surface area contributed by atoms with Gasteiger partial charge in [-0.3, -0.25) is 4.90 Å². The quantitative estimate of drug-likeness (QED) is 0.829. The summed E-state index contributed by atoms with van der Waals surface area (Å²) >= 11 is 0. The minimum Gasteiger partial charge on any atom is -0.465 e. The molecule has 4 nitrogen and oxygen atoms in total. The number of carbonyl (C=O) groups is 1. The maximum atomic E-state index is 11.6. The normalized spacial score (nSPS) is 30.6. The second kappa shape index (κ2) is 4.77. The van der Waals surface area contributed by atoms with Gasteiger partial charge in [-0.1, -0.05) is 51.1 Å². The van der Waals surface area contributed by atoms with E-state index in [0.29, 0.717) is 0 Å². The molecule has 0 aromatic heterocycles. The molecule has 1 aliphatic heterocycles. The van der Waals surface area contributed by atoms with E-state index in [-0.39, 0.29) is 17.9 Å². The van der Waals surface area contributed by atoms with Gasteiger partial charge in [-0.2, -0.15) is 0 Å². The van der Waals surface area contributed by atoms with Crippen LogP contribution in [0, 0.1) is 11.3 Å². The van der Waals surface area contributed by atoms with Crippen molar-refractivity contribution in [3.8, 4) is 0 Å². The maximum absolute atomic E-state index is 11.6. The third-order valence-electron chi connectivity index (χ3n) is 4.44. The average Bonchev–Trinajstić information content (AvgIpc) is 2.63. The molecular formula is C16H23NO3. The van der Waals surface area contributed by atoms with E-state index in [9.17, 15) is 15.0 Å². The van der Waals surface area contributed by atoms with Crippen LogP contribution >= 0.6 is 0 Å². The Kier molecular flexibility index (Phi) is 3.54. The predicted octanol–water partition coefficient (Wildman–Crippen LogP) is 2.92. The molecule has 1 fully saturated rings. The second-order valence-corrected chi connectivity index (χ2v) is 6.82. The van der Waals surface area contributed by atoms with Crippen LogP contribution in [0.15, 0.2) is 30.3 Å². The fraction of sp³-hybridized carbons (Fsp3) is 0.562. The van der Waals surface area contributed by atoms with Crippen LogP contribution in [0.2, 0.25) is 0 Å². The zero-order chi connectivity index (χ0) is 15.1. The molecule has 1 aliphatic rings. The van der Waals surface area contributed by atoms with Gasteiger partial charge < -0.3 is 10.2 Å². The molecule has 3 atom stereocenters. The molecule has 20 heavy (non-hydrogen) atoms. The number of hydrogen-bond acceptors (Lipinski definition) is 2. The molecule has 0 radical (unpaired) electrons.